The summed E-state index contributed by atoms with van der Waals surface area (Å²) in [6.07, 6.45) is 2.08. The average molecular weight is 258 g/mol. The molecule has 0 aliphatic carbocycles. The monoisotopic (exact) mass is 257 g/mol. The molecule has 0 saturated carbocycles. The predicted octanol–water partition coefficient (Wildman–Crippen LogP) is 3.41. The van der Waals surface area contributed by atoms with Gasteiger partial charge in [0.2, 0.25) is 5.91 Å². The van der Waals surface area contributed by atoms with Crippen LogP contribution in [0.4, 0.5) is 4.39 Å². The van der Waals surface area contributed by atoms with E-state index in [-0.39, 0.29) is 17.8 Å². The van der Waals surface area contributed by atoms with Crippen molar-refractivity contribution in [1.29, 1.82) is 0 Å². The van der Waals surface area contributed by atoms with Crippen LogP contribution < -0.4 is 5.32 Å². The van der Waals surface area contributed by atoms with Crippen LogP contribution in [0.2, 0.25) is 0 Å². The molecule has 0 spiro atoms. The minimum absolute atomic E-state index is 0.0214. The van der Waals surface area contributed by atoms with Gasteiger partial charge in [-0.15, -0.1) is 11.6 Å². The van der Waals surface area contributed by atoms with Crippen LogP contribution in [-0.4, -0.2) is 11.8 Å². The average Bonchev–Trinajstić information content (AvgIpc) is 2.29. The van der Waals surface area contributed by atoms with Crippen molar-refractivity contribution in [3.05, 3.63) is 35.6 Å². The zero-order valence-corrected chi connectivity index (χ0v) is 10.6. The molecule has 1 aromatic rings. The molecule has 0 aliphatic heterocycles. The van der Waals surface area contributed by atoms with Gasteiger partial charge >= 0.3 is 0 Å². The molecule has 1 aromatic carbocycles. The molecule has 17 heavy (non-hydrogen) atoms. The second-order valence-electron chi connectivity index (χ2n) is 3.99. The summed E-state index contributed by atoms with van der Waals surface area (Å²) in [5.74, 6) is 0.268. The lowest BCUT2D eigenvalue weighted by molar-refractivity contribution is -0.121. The normalized spacial score (nSPS) is 12.2. The van der Waals surface area contributed by atoms with Gasteiger partial charge in [-0.25, -0.2) is 4.39 Å². The summed E-state index contributed by atoms with van der Waals surface area (Å²) in [7, 11) is 0. The molecule has 94 valence electrons. The molecule has 1 atom stereocenters. The first-order chi connectivity index (χ1) is 8.13. The molecule has 1 N–H and O–H groups in total. The highest BCUT2D eigenvalue weighted by Crippen LogP contribution is 2.13. The molecule has 0 unspecified atom stereocenters. The minimum Gasteiger partial charge on any atom is -0.350 e. The fraction of sp³-hybridized carbons (Fsp3) is 0.462. The van der Waals surface area contributed by atoms with E-state index in [1.807, 2.05) is 6.92 Å². The van der Waals surface area contributed by atoms with Crippen LogP contribution >= 0.6 is 11.6 Å². The Balaban J connectivity index is 2.43. The summed E-state index contributed by atoms with van der Waals surface area (Å²) in [5.41, 5.74) is 0.774. The molecule has 0 saturated heterocycles. The highest BCUT2D eigenvalue weighted by Gasteiger charge is 2.09. The van der Waals surface area contributed by atoms with Gasteiger partial charge in [0.1, 0.15) is 5.82 Å². The fourth-order valence-electron chi connectivity index (χ4n) is 1.55. The van der Waals surface area contributed by atoms with Crippen molar-refractivity contribution in [3.8, 4) is 0 Å². The topological polar surface area (TPSA) is 29.1 Å². The molecule has 2 nitrogen and oxygen atoms in total. The highest BCUT2D eigenvalue weighted by atomic mass is 35.5. The molecular weight excluding hydrogens is 241 g/mol. The van der Waals surface area contributed by atoms with Gasteiger partial charge < -0.3 is 5.32 Å². The zero-order chi connectivity index (χ0) is 12.7. The minimum atomic E-state index is -0.286. The summed E-state index contributed by atoms with van der Waals surface area (Å²) in [4.78, 5) is 11.5. The van der Waals surface area contributed by atoms with E-state index < -0.39 is 0 Å². The Morgan fingerprint density at radius 1 is 1.47 bits per heavy atom. The summed E-state index contributed by atoms with van der Waals surface area (Å²) in [6, 6.07) is 6.09. The summed E-state index contributed by atoms with van der Waals surface area (Å²) in [6.45, 7) is 1.84. The van der Waals surface area contributed by atoms with Gasteiger partial charge in [0, 0.05) is 12.3 Å². The lowest BCUT2D eigenvalue weighted by Crippen LogP contribution is -2.26. The molecule has 0 heterocycles. The Bertz CT molecular complexity index is 370. The van der Waals surface area contributed by atoms with E-state index in [0.29, 0.717) is 12.3 Å². The first-order valence-corrected chi connectivity index (χ1v) is 6.27. The van der Waals surface area contributed by atoms with Gasteiger partial charge in [-0.05, 0) is 37.5 Å². The Morgan fingerprint density at radius 2 is 2.24 bits per heavy atom. The number of hydrogen-bond acceptors (Lipinski definition) is 1. The smallest absolute Gasteiger partial charge is 0.220 e. The van der Waals surface area contributed by atoms with Gasteiger partial charge in [0.05, 0.1) is 6.04 Å². The molecule has 0 aromatic heterocycles. The van der Waals surface area contributed by atoms with E-state index in [1.54, 1.807) is 12.1 Å². The van der Waals surface area contributed by atoms with Crippen molar-refractivity contribution in [2.45, 2.75) is 32.2 Å². The predicted molar refractivity (Wildman–Crippen MR) is 67.5 cm³/mol. The number of rotatable bonds is 6. The number of carbonyl (C=O) groups is 1. The fourth-order valence-corrected chi connectivity index (χ4v) is 1.74. The van der Waals surface area contributed by atoms with Crippen molar-refractivity contribution < 1.29 is 9.18 Å². The van der Waals surface area contributed by atoms with Crippen molar-refractivity contribution in [2.24, 2.45) is 0 Å². The van der Waals surface area contributed by atoms with E-state index in [9.17, 15) is 9.18 Å². The number of halogens is 2. The first-order valence-electron chi connectivity index (χ1n) is 5.74. The quantitative estimate of drug-likeness (QED) is 0.614. The molecule has 0 bridgehead atoms. The van der Waals surface area contributed by atoms with Crippen molar-refractivity contribution in [3.63, 3.8) is 0 Å². The third-order valence-electron chi connectivity index (χ3n) is 2.51. The maximum atomic E-state index is 13.0. The summed E-state index contributed by atoms with van der Waals surface area (Å²) >= 11 is 5.53. The maximum absolute atomic E-state index is 13.0. The van der Waals surface area contributed by atoms with Crippen LogP contribution in [0.1, 0.15) is 37.8 Å². The standard InChI is InChI=1S/C13H17ClFNO/c1-10(11-5-4-6-12(15)9-11)16-13(17)7-2-3-8-14/h4-6,9-10H,2-3,7-8H2,1H3,(H,16,17)/t10-/m1/s1. The number of hydrogen-bond donors (Lipinski definition) is 1. The Kier molecular flexibility index (Phi) is 5.98. The van der Waals surface area contributed by atoms with E-state index in [4.69, 9.17) is 11.6 Å². The van der Waals surface area contributed by atoms with Crippen molar-refractivity contribution >= 4 is 17.5 Å². The Morgan fingerprint density at radius 3 is 2.88 bits per heavy atom. The number of benzene rings is 1. The van der Waals surface area contributed by atoms with E-state index in [1.165, 1.54) is 12.1 Å². The van der Waals surface area contributed by atoms with Crippen LogP contribution in [0.25, 0.3) is 0 Å². The molecule has 1 rings (SSSR count). The number of alkyl halides is 1. The number of nitrogens with one attached hydrogen (secondary N) is 1. The lowest BCUT2D eigenvalue weighted by Gasteiger charge is -2.14. The third-order valence-corrected chi connectivity index (χ3v) is 2.78. The largest absolute Gasteiger partial charge is 0.350 e. The number of carbonyl (C=O) groups excluding carboxylic acids is 1. The van der Waals surface area contributed by atoms with E-state index in [0.717, 1.165) is 18.4 Å². The molecular formula is C13H17ClFNO. The van der Waals surface area contributed by atoms with Crippen LogP contribution in [-0.2, 0) is 4.79 Å². The van der Waals surface area contributed by atoms with Crippen molar-refractivity contribution in [2.75, 3.05) is 5.88 Å². The second kappa shape index (κ2) is 7.28. The van der Waals surface area contributed by atoms with Crippen LogP contribution in [0.3, 0.4) is 0 Å². The van der Waals surface area contributed by atoms with Gasteiger partial charge in [-0.1, -0.05) is 12.1 Å². The maximum Gasteiger partial charge on any atom is 0.220 e. The number of amides is 1. The van der Waals surface area contributed by atoms with Gasteiger partial charge in [0.25, 0.3) is 0 Å². The summed E-state index contributed by atoms with van der Waals surface area (Å²) in [5, 5.41) is 2.83. The molecule has 0 radical (unpaired) electrons. The Labute approximate surface area is 106 Å². The Hall–Kier alpha value is -1.09. The van der Waals surface area contributed by atoms with Crippen LogP contribution in [0, 0.1) is 5.82 Å². The van der Waals surface area contributed by atoms with E-state index >= 15 is 0 Å². The summed E-state index contributed by atoms with van der Waals surface area (Å²) < 4.78 is 13.0. The molecule has 0 aliphatic rings. The van der Waals surface area contributed by atoms with E-state index in [2.05, 4.69) is 5.32 Å². The van der Waals surface area contributed by atoms with Crippen LogP contribution in [0.5, 0.6) is 0 Å². The first kappa shape index (κ1) is 14.0. The molecule has 4 heteroatoms. The molecule has 0 fully saturated rings. The lowest BCUT2D eigenvalue weighted by atomic mass is 10.1. The molecule has 1 amide bonds. The van der Waals surface area contributed by atoms with Gasteiger partial charge in [0.15, 0.2) is 0 Å². The second-order valence-corrected chi connectivity index (χ2v) is 4.37. The SMILES string of the molecule is C[C@@H](NC(=O)CCCCCl)c1cccc(F)c1. The number of unbranched alkanes of at least 4 members (excludes halogenated alkanes) is 1. The highest BCUT2D eigenvalue weighted by molar-refractivity contribution is 6.17. The van der Waals surface area contributed by atoms with Gasteiger partial charge in [-0.2, -0.15) is 0 Å². The zero-order valence-electron chi connectivity index (χ0n) is 9.88. The van der Waals surface area contributed by atoms with Gasteiger partial charge in [-0.3, -0.25) is 4.79 Å². The van der Waals surface area contributed by atoms with Crippen molar-refractivity contribution in [1.82, 2.24) is 5.32 Å². The van der Waals surface area contributed by atoms with Crippen LogP contribution in [0.15, 0.2) is 24.3 Å². The third kappa shape index (κ3) is 5.18.